The van der Waals surface area contributed by atoms with Crippen LogP contribution in [0.4, 0.5) is 27.8 Å². The molecule has 3 rings (SSSR count). The summed E-state index contributed by atoms with van der Waals surface area (Å²) in [7, 11) is 0. The van der Waals surface area contributed by atoms with Gasteiger partial charge in [-0.05, 0) is 30.9 Å². The topological polar surface area (TPSA) is 36.4 Å². The number of halogens is 5. The molecule has 27 heavy (non-hydrogen) atoms. The van der Waals surface area contributed by atoms with E-state index in [1.165, 1.54) is 17.2 Å². The molecule has 2 aliphatic rings. The Morgan fingerprint density at radius 3 is 2.37 bits per heavy atom. The molecule has 150 valence electrons. The number of hydrogen-bond donors (Lipinski definition) is 0. The zero-order valence-electron chi connectivity index (χ0n) is 14.8. The van der Waals surface area contributed by atoms with Gasteiger partial charge in [-0.1, -0.05) is 0 Å². The molecule has 1 aromatic rings. The Bertz CT molecular complexity index is 661. The second kappa shape index (κ2) is 7.59. The van der Waals surface area contributed by atoms with Crippen molar-refractivity contribution < 1.29 is 26.7 Å². The first-order chi connectivity index (χ1) is 12.7. The Morgan fingerprint density at radius 2 is 1.78 bits per heavy atom. The van der Waals surface area contributed by atoms with Crippen molar-refractivity contribution in [1.82, 2.24) is 9.88 Å². The molecule has 9 heteroatoms. The number of pyridine rings is 1. The smallest absolute Gasteiger partial charge is 0.356 e. The Morgan fingerprint density at radius 1 is 1.15 bits per heavy atom. The lowest BCUT2D eigenvalue weighted by molar-refractivity contribution is -0.138. The number of piperidine rings is 2. The van der Waals surface area contributed by atoms with Gasteiger partial charge in [0.1, 0.15) is 5.82 Å². The minimum absolute atomic E-state index is 0.0502. The third-order valence-electron chi connectivity index (χ3n) is 5.32. The summed E-state index contributed by atoms with van der Waals surface area (Å²) in [6, 6.07) is 2.28. The van der Waals surface area contributed by atoms with Crippen LogP contribution in [0.3, 0.4) is 0 Å². The summed E-state index contributed by atoms with van der Waals surface area (Å²) in [5, 5.41) is 0. The number of anilines is 1. The minimum Gasteiger partial charge on any atom is -0.356 e. The number of carbonyl (C=O) groups excluding carboxylic acids is 1. The van der Waals surface area contributed by atoms with Crippen LogP contribution in [0.15, 0.2) is 18.3 Å². The Hall–Kier alpha value is -1.93. The molecular formula is C18H22F5N3O. The molecule has 0 bridgehead atoms. The first-order valence-corrected chi connectivity index (χ1v) is 9.08. The summed E-state index contributed by atoms with van der Waals surface area (Å²) >= 11 is 0. The Balaban J connectivity index is 1.53. The number of likely N-dealkylation sites (tertiary alicyclic amines) is 1. The van der Waals surface area contributed by atoms with Gasteiger partial charge in [-0.3, -0.25) is 4.79 Å². The van der Waals surface area contributed by atoms with E-state index in [1.54, 1.807) is 4.90 Å². The van der Waals surface area contributed by atoms with Crippen molar-refractivity contribution in [2.24, 2.45) is 5.92 Å². The number of amides is 1. The molecule has 3 heterocycles. The lowest BCUT2D eigenvalue weighted by atomic mass is 9.92. The highest BCUT2D eigenvalue weighted by molar-refractivity contribution is 5.76. The van der Waals surface area contributed by atoms with Gasteiger partial charge in [0.25, 0.3) is 5.92 Å². The third kappa shape index (κ3) is 4.87. The van der Waals surface area contributed by atoms with E-state index in [9.17, 15) is 26.7 Å². The maximum Gasteiger partial charge on any atom is 0.419 e. The first kappa shape index (κ1) is 19.8. The summed E-state index contributed by atoms with van der Waals surface area (Å²) in [5.41, 5.74) is -0.756. The van der Waals surface area contributed by atoms with Gasteiger partial charge in [0.15, 0.2) is 0 Å². The summed E-state index contributed by atoms with van der Waals surface area (Å²) in [6.07, 6.45) is -2.34. The normalized spacial score (nSPS) is 21.4. The van der Waals surface area contributed by atoms with Crippen LogP contribution >= 0.6 is 0 Å². The lowest BCUT2D eigenvalue weighted by Crippen LogP contribution is -2.44. The molecule has 0 N–H and O–H groups in total. The number of carbonyl (C=O) groups is 1. The van der Waals surface area contributed by atoms with Crippen LogP contribution in [0.2, 0.25) is 0 Å². The molecule has 1 amide bonds. The van der Waals surface area contributed by atoms with Crippen LogP contribution in [0.1, 0.15) is 37.7 Å². The summed E-state index contributed by atoms with van der Waals surface area (Å²) in [5.74, 6) is -2.86. The minimum atomic E-state index is -4.47. The zero-order chi connectivity index (χ0) is 19.7. The average molecular weight is 391 g/mol. The van der Waals surface area contributed by atoms with E-state index < -0.39 is 17.7 Å². The quantitative estimate of drug-likeness (QED) is 0.732. The Labute approximate surface area is 154 Å². The predicted molar refractivity (Wildman–Crippen MR) is 89.6 cm³/mol. The number of aromatic nitrogens is 1. The molecule has 0 spiro atoms. The van der Waals surface area contributed by atoms with E-state index in [0.717, 1.165) is 6.07 Å². The van der Waals surface area contributed by atoms with E-state index in [0.29, 0.717) is 25.9 Å². The number of alkyl halides is 5. The van der Waals surface area contributed by atoms with Crippen LogP contribution in [-0.2, 0) is 11.0 Å². The number of rotatable bonds is 3. The van der Waals surface area contributed by atoms with E-state index in [-0.39, 0.29) is 50.0 Å². The van der Waals surface area contributed by atoms with Crippen molar-refractivity contribution in [2.75, 3.05) is 31.1 Å². The molecule has 0 aromatic carbocycles. The van der Waals surface area contributed by atoms with Gasteiger partial charge < -0.3 is 9.80 Å². The Kier molecular flexibility index (Phi) is 5.58. The van der Waals surface area contributed by atoms with E-state index in [2.05, 4.69) is 4.98 Å². The van der Waals surface area contributed by atoms with Crippen LogP contribution in [-0.4, -0.2) is 47.9 Å². The van der Waals surface area contributed by atoms with Crippen LogP contribution in [0.5, 0.6) is 0 Å². The maximum atomic E-state index is 13.2. The van der Waals surface area contributed by atoms with Gasteiger partial charge in [0.2, 0.25) is 5.91 Å². The highest BCUT2D eigenvalue weighted by Crippen LogP contribution is 2.37. The molecule has 2 fully saturated rings. The van der Waals surface area contributed by atoms with E-state index in [1.807, 2.05) is 0 Å². The first-order valence-electron chi connectivity index (χ1n) is 9.08. The van der Waals surface area contributed by atoms with Crippen molar-refractivity contribution in [3.8, 4) is 0 Å². The van der Waals surface area contributed by atoms with Gasteiger partial charge in [-0.25, -0.2) is 13.8 Å². The van der Waals surface area contributed by atoms with E-state index in [4.69, 9.17) is 0 Å². The second-order valence-corrected chi connectivity index (χ2v) is 7.24. The maximum absolute atomic E-state index is 13.2. The van der Waals surface area contributed by atoms with Gasteiger partial charge in [-0.2, -0.15) is 13.2 Å². The standard InChI is InChI=1S/C18H22F5N3O/c19-17(20)5-10-25(11-6-17)15(27)12-13-3-8-26(9-4-13)16-14(18(21,22)23)2-1-7-24-16/h1-2,7,13H,3-6,8-12H2. The second-order valence-electron chi connectivity index (χ2n) is 7.24. The molecule has 0 saturated carbocycles. The highest BCUT2D eigenvalue weighted by Gasteiger charge is 2.38. The average Bonchev–Trinajstić information content (AvgIpc) is 2.61. The van der Waals surface area contributed by atoms with Crippen LogP contribution in [0.25, 0.3) is 0 Å². The molecule has 0 unspecified atom stereocenters. The molecule has 1 aromatic heterocycles. The van der Waals surface area contributed by atoms with Crippen LogP contribution < -0.4 is 4.90 Å². The van der Waals surface area contributed by atoms with Crippen molar-refractivity contribution in [3.63, 3.8) is 0 Å². The number of hydrogen-bond acceptors (Lipinski definition) is 3. The van der Waals surface area contributed by atoms with Crippen molar-refractivity contribution in [3.05, 3.63) is 23.9 Å². The van der Waals surface area contributed by atoms with Crippen LogP contribution in [0, 0.1) is 5.92 Å². The summed E-state index contributed by atoms with van der Waals surface area (Å²) < 4.78 is 65.8. The third-order valence-corrected chi connectivity index (χ3v) is 5.32. The van der Waals surface area contributed by atoms with Crippen molar-refractivity contribution >= 4 is 11.7 Å². The van der Waals surface area contributed by atoms with Crippen molar-refractivity contribution in [1.29, 1.82) is 0 Å². The SMILES string of the molecule is O=C(CC1CCN(c2ncccc2C(F)(F)F)CC1)N1CCC(F)(F)CC1. The number of nitrogens with zero attached hydrogens (tertiary/aromatic N) is 3. The lowest BCUT2D eigenvalue weighted by Gasteiger charge is -2.36. The fourth-order valence-electron chi connectivity index (χ4n) is 3.68. The fraction of sp³-hybridized carbons (Fsp3) is 0.667. The molecule has 0 atom stereocenters. The molecule has 2 aliphatic heterocycles. The molecule has 0 radical (unpaired) electrons. The van der Waals surface area contributed by atoms with Gasteiger partial charge in [-0.15, -0.1) is 0 Å². The molecule has 2 saturated heterocycles. The molecular weight excluding hydrogens is 369 g/mol. The van der Waals surface area contributed by atoms with Gasteiger partial charge in [0.05, 0.1) is 5.56 Å². The summed E-state index contributed by atoms with van der Waals surface area (Å²) in [4.78, 5) is 19.3. The summed E-state index contributed by atoms with van der Waals surface area (Å²) in [6.45, 7) is 0.896. The zero-order valence-corrected chi connectivity index (χ0v) is 14.8. The highest BCUT2D eigenvalue weighted by atomic mass is 19.4. The molecule has 0 aliphatic carbocycles. The van der Waals surface area contributed by atoms with Gasteiger partial charge >= 0.3 is 6.18 Å². The van der Waals surface area contributed by atoms with E-state index >= 15 is 0 Å². The predicted octanol–water partition coefficient (Wildman–Crippen LogP) is 3.96. The van der Waals surface area contributed by atoms with Crippen molar-refractivity contribution in [2.45, 2.75) is 44.2 Å². The largest absolute Gasteiger partial charge is 0.419 e. The van der Waals surface area contributed by atoms with Gasteiger partial charge in [0, 0.05) is 51.6 Å². The monoisotopic (exact) mass is 391 g/mol. The molecule has 4 nitrogen and oxygen atoms in total. The fourth-order valence-corrected chi connectivity index (χ4v) is 3.68.